The Morgan fingerprint density at radius 2 is 2.14 bits per heavy atom. The number of piperidine rings is 1. The molecule has 9 heteroatoms. The van der Waals surface area contributed by atoms with Crippen LogP contribution in [0, 0.1) is 6.92 Å². The molecule has 28 heavy (non-hydrogen) atoms. The molecule has 0 unspecified atom stereocenters. The van der Waals surface area contributed by atoms with Crippen molar-refractivity contribution in [1.29, 1.82) is 0 Å². The van der Waals surface area contributed by atoms with E-state index in [0.717, 1.165) is 22.5 Å². The number of fused-ring (bicyclic) bond motifs is 1. The summed E-state index contributed by atoms with van der Waals surface area (Å²) in [6.07, 6.45) is 3.10. The highest BCUT2D eigenvalue weighted by atomic mass is 19.1. The molecule has 0 saturated carbocycles. The molecular weight excluding hydrogens is 361 g/mol. The zero-order valence-corrected chi connectivity index (χ0v) is 15.5. The second-order valence-corrected chi connectivity index (χ2v) is 7.05. The Kier molecular flexibility index (Phi) is 4.91. The molecular formula is C19H22FN7O. The zero-order valence-electron chi connectivity index (χ0n) is 15.5. The third-order valence-electron chi connectivity index (χ3n) is 4.97. The monoisotopic (exact) mass is 383 g/mol. The van der Waals surface area contributed by atoms with Crippen molar-refractivity contribution in [2.45, 2.75) is 32.1 Å². The van der Waals surface area contributed by atoms with Gasteiger partial charge < -0.3 is 20.5 Å². The number of nitrogens with zero attached hydrogens (tertiary/aromatic N) is 5. The topological polar surface area (TPSA) is 102 Å². The first-order chi connectivity index (χ1) is 13.5. The number of hydrogen-bond donors (Lipinski definition) is 2. The molecule has 8 nitrogen and oxygen atoms in total. The van der Waals surface area contributed by atoms with Gasteiger partial charge in [-0.3, -0.25) is 4.79 Å². The molecule has 1 aliphatic rings. The van der Waals surface area contributed by atoms with Crippen molar-refractivity contribution >= 4 is 29.1 Å². The van der Waals surface area contributed by atoms with Crippen LogP contribution in [-0.2, 0) is 11.3 Å². The number of anilines is 2. The molecule has 4 rings (SSSR count). The number of nitrogens with one attached hydrogen (secondary N) is 1. The van der Waals surface area contributed by atoms with Gasteiger partial charge in [-0.05, 0) is 31.0 Å². The van der Waals surface area contributed by atoms with Crippen LogP contribution in [0.1, 0.15) is 17.8 Å². The third-order valence-corrected chi connectivity index (χ3v) is 4.97. The Morgan fingerprint density at radius 1 is 1.36 bits per heavy atom. The van der Waals surface area contributed by atoms with Gasteiger partial charge in [0.05, 0.1) is 41.7 Å². The first kappa shape index (κ1) is 18.3. The summed E-state index contributed by atoms with van der Waals surface area (Å²) >= 11 is 0. The van der Waals surface area contributed by atoms with Gasteiger partial charge in [-0.2, -0.15) is 0 Å². The van der Waals surface area contributed by atoms with Crippen LogP contribution in [0.25, 0.3) is 11.0 Å². The van der Waals surface area contributed by atoms with Crippen LogP contribution in [0.15, 0.2) is 30.6 Å². The molecule has 1 aromatic carbocycles. The molecule has 1 fully saturated rings. The van der Waals surface area contributed by atoms with Crippen molar-refractivity contribution in [2.24, 2.45) is 5.73 Å². The number of alkyl halides is 1. The standard InChI is InChI=1S/C19H22FN7O/c1-12-2-3-17-16(6-12)25-19(26-5-4-14(20)15(21)9-26)27(17)10-18-22-7-13(8-23-18)24-11-28/h2-3,6-8,11,14-15H,4-5,9-10,21H2,1H3,(H,24,28)/t14-,15+/m0/s1. The molecule has 2 atom stereocenters. The van der Waals surface area contributed by atoms with E-state index in [1.807, 2.05) is 34.6 Å². The predicted molar refractivity (Wildman–Crippen MR) is 105 cm³/mol. The van der Waals surface area contributed by atoms with E-state index in [1.54, 1.807) is 12.4 Å². The molecule has 1 saturated heterocycles. The minimum Gasteiger partial charge on any atom is -0.340 e. The number of nitrogens with two attached hydrogens (primary N) is 1. The number of halogens is 1. The number of benzene rings is 1. The second-order valence-electron chi connectivity index (χ2n) is 7.05. The lowest BCUT2D eigenvalue weighted by atomic mass is 10.1. The van der Waals surface area contributed by atoms with Gasteiger partial charge in [-0.1, -0.05) is 6.07 Å². The molecule has 1 amide bonds. The maximum atomic E-state index is 13.8. The Hall–Kier alpha value is -3.07. The van der Waals surface area contributed by atoms with E-state index in [-0.39, 0.29) is 0 Å². The summed E-state index contributed by atoms with van der Waals surface area (Å²) in [6, 6.07) is 5.54. The van der Waals surface area contributed by atoms with Crippen molar-refractivity contribution < 1.29 is 9.18 Å². The Balaban J connectivity index is 1.71. The molecule has 2 aromatic heterocycles. The van der Waals surface area contributed by atoms with Crippen molar-refractivity contribution in [3.63, 3.8) is 0 Å². The molecule has 1 aliphatic heterocycles. The van der Waals surface area contributed by atoms with Gasteiger partial charge in [0.1, 0.15) is 12.0 Å². The van der Waals surface area contributed by atoms with Crippen molar-refractivity contribution in [3.8, 4) is 0 Å². The smallest absolute Gasteiger partial charge is 0.211 e. The molecule has 146 valence electrons. The van der Waals surface area contributed by atoms with Crippen molar-refractivity contribution in [3.05, 3.63) is 42.0 Å². The lowest BCUT2D eigenvalue weighted by Gasteiger charge is -2.34. The molecule has 0 radical (unpaired) electrons. The highest BCUT2D eigenvalue weighted by Gasteiger charge is 2.29. The first-order valence-corrected chi connectivity index (χ1v) is 9.18. The van der Waals surface area contributed by atoms with Crippen LogP contribution < -0.4 is 16.0 Å². The fraction of sp³-hybridized carbons (Fsp3) is 0.368. The minimum atomic E-state index is -0.988. The van der Waals surface area contributed by atoms with Crippen molar-refractivity contribution in [2.75, 3.05) is 23.3 Å². The first-order valence-electron chi connectivity index (χ1n) is 9.18. The van der Waals surface area contributed by atoms with Gasteiger partial charge in [-0.15, -0.1) is 0 Å². The predicted octanol–water partition coefficient (Wildman–Crippen LogP) is 1.63. The molecule has 3 N–H and O–H groups in total. The zero-order chi connectivity index (χ0) is 19.7. The molecule has 0 aliphatic carbocycles. The second kappa shape index (κ2) is 7.51. The maximum Gasteiger partial charge on any atom is 0.211 e. The summed E-state index contributed by atoms with van der Waals surface area (Å²) in [4.78, 5) is 26.0. The number of rotatable bonds is 5. The largest absolute Gasteiger partial charge is 0.340 e. The highest BCUT2D eigenvalue weighted by Crippen LogP contribution is 2.27. The summed E-state index contributed by atoms with van der Waals surface area (Å²) < 4.78 is 15.9. The average molecular weight is 383 g/mol. The lowest BCUT2D eigenvalue weighted by Crippen LogP contribution is -2.50. The molecule has 3 aromatic rings. The normalized spacial score (nSPS) is 19.8. The number of carbonyl (C=O) groups excluding carboxylic acids is 1. The van der Waals surface area contributed by atoms with Crippen LogP contribution >= 0.6 is 0 Å². The van der Waals surface area contributed by atoms with Gasteiger partial charge in [0, 0.05) is 13.1 Å². The quantitative estimate of drug-likeness (QED) is 0.649. The summed E-state index contributed by atoms with van der Waals surface area (Å²) in [5.41, 5.74) is 9.42. The molecule has 3 heterocycles. The molecule has 0 bridgehead atoms. The summed E-state index contributed by atoms with van der Waals surface area (Å²) in [5, 5.41) is 2.52. The summed E-state index contributed by atoms with van der Waals surface area (Å²) in [6.45, 7) is 3.39. The highest BCUT2D eigenvalue weighted by molar-refractivity contribution is 5.80. The van der Waals surface area contributed by atoms with E-state index in [4.69, 9.17) is 10.7 Å². The number of amides is 1. The van der Waals surface area contributed by atoms with Crippen LogP contribution in [0.4, 0.5) is 16.0 Å². The van der Waals surface area contributed by atoms with Crippen LogP contribution in [0.2, 0.25) is 0 Å². The lowest BCUT2D eigenvalue weighted by molar-refractivity contribution is -0.105. The summed E-state index contributed by atoms with van der Waals surface area (Å²) in [7, 11) is 0. The van der Waals surface area contributed by atoms with Gasteiger partial charge in [0.25, 0.3) is 0 Å². The number of imidazole rings is 1. The van der Waals surface area contributed by atoms with Gasteiger partial charge in [0.15, 0.2) is 0 Å². The fourth-order valence-electron chi connectivity index (χ4n) is 3.48. The Labute approximate surface area is 161 Å². The van der Waals surface area contributed by atoms with Gasteiger partial charge in [-0.25, -0.2) is 19.3 Å². The van der Waals surface area contributed by atoms with Gasteiger partial charge in [0.2, 0.25) is 12.4 Å². The number of aryl methyl sites for hydroxylation is 1. The Morgan fingerprint density at radius 3 is 2.86 bits per heavy atom. The number of hydrogen-bond acceptors (Lipinski definition) is 6. The van der Waals surface area contributed by atoms with Crippen LogP contribution in [-0.4, -0.2) is 51.2 Å². The van der Waals surface area contributed by atoms with E-state index in [2.05, 4.69) is 15.3 Å². The van der Waals surface area contributed by atoms with E-state index in [9.17, 15) is 9.18 Å². The third kappa shape index (κ3) is 3.53. The minimum absolute atomic E-state index is 0.381. The van der Waals surface area contributed by atoms with Gasteiger partial charge >= 0.3 is 0 Å². The average Bonchev–Trinajstić information content (AvgIpc) is 3.03. The van der Waals surface area contributed by atoms with E-state index < -0.39 is 12.2 Å². The van der Waals surface area contributed by atoms with Crippen molar-refractivity contribution in [1.82, 2.24) is 19.5 Å². The summed E-state index contributed by atoms with van der Waals surface area (Å²) in [5.74, 6) is 1.32. The Bertz CT molecular complexity index is 988. The van der Waals surface area contributed by atoms with E-state index >= 15 is 0 Å². The SMILES string of the molecule is Cc1ccc2c(c1)nc(N1CC[C@H](F)[C@H](N)C1)n2Cc1ncc(NC=O)cn1. The fourth-order valence-corrected chi connectivity index (χ4v) is 3.48. The number of carbonyl (C=O) groups is 1. The van der Waals surface area contributed by atoms with E-state index in [0.29, 0.717) is 44.0 Å². The number of aromatic nitrogens is 4. The molecule has 0 spiro atoms. The van der Waals surface area contributed by atoms with Crippen LogP contribution in [0.3, 0.4) is 0 Å². The van der Waals surface area contributed by atoms with Crippen LogP contribution in [0.5, 0.6) is 0 Å². The van der Waals surface area contributed by atoms with E-state index in [1.165, 1.54) is 0 Å². The maximum absolute atomic E-state index is 13.8.